The molecule has 0 spiro atoms. The lowest BCUT2D eigenvalue weighted by molar-refractivity contribution is 0.893. The summed E-state index contributed by atoms with van der Waals surface area (Å²) in [6, 6.07) is 0. The van der Waals surface area contributed by atoms with Crippen LogP contribution in [0.1, 0.15) is 6.42 Å². The SMILES string of the molecule is C1=CCC=C2CNCC2=C1. The van der Waals surface area contributed by atoms with Crippen LogP contribution in [-0.4, -0.2) is 13.1 Å². The van der Waals surface area contributed by atoms with Crippen LogP contribution in [0.15, 0.2) is 35.5 Å². The van der Waals surface area contributed by atoms with Crippen molar-refractivity contribution in [2.75, 3.05) is 13.1 Å². The van der Waals surface area contributed by atoms with Crippen molar-refractivity contribution in [1.82, 2.24) is 5.32 Å². The predicted octanol–water partition coefficient (Wildman–Crippen LogP) is 1.40. The van der Waals surface area contributed by atoms with Gasteiger partial charge in [0, 0.05) is 13.1 Å². The van der Waals surface area contributed by atoms with Crippen LogP contribution in [0.2, 0.25) is 0 Å². The van der Waals surface area contributed by atoms with Gasteiger partial charge in [-0.3, -0.25) is 0 Å². The van der Waals surface area contributed by atoms with Gasteiger partial charge in [-0.25, -0.2) is 0 Å². The van der Waals surface area contributed by atoms with E-state index in [-0.39, 0.29) is 0 Å². The van der Waals surface area contributed by atoms with Crippen molar-refractivity contribution >= 4 is 0 Å². The Morgan fingerprint density at radius 2 is 2.10 bits per heavy atom. The molecule has 1 heteroatoms. The first-order valence-corrected chi connectivity index (χ1v) is 3.72. The van der Waals surface area contributed by atoms with Crippen molar-refractivity contribution in [2.24, 2.45) is 0 Å². The second-order valence-electron chi connectivity index (χ2n) is 2.69. The third-order valence-corrected chi connectivity index (χ3v) is 1.98. The maximum atomic E-state index is 3.32. The smallest absolute Gasteiger partial charge is 0.0211 e. The Hall–Kier alpha value is -0.820. The van der Waals surface area contributed by atoms with Crippen LogP contribution in [0.4, 0.5) is 0 Å². The fraction of sp³-hybridized carbons (Fsp3) is 0.333. The molecule has 0 unspecified atom stereocenters. The zero-order valence-corrected chi connectivity index (χ0v) is 5.93. The largest absolute Gasteiger partial charge is 0.309 e. The molecule has 0 aromatic rings. The molecule has 1 aliphatic carbocycles. The number of fused-ring (bicyclic) bond motifs is 1. The van der Waals surface area contributed by atoms with E-state index in [1.807, 2.05) is 0 Å². The monoisotopic (exact) mass is 133 g/mol. The second-order valence-corrected chi connectivity index (χ2v) is 2.69. The highest BCUT2D eigenvalue weighted by Crippen LogP contribution is 2.17. The first kappa shape index (κ1) is 5.93. The van der Waals surface area contributed by atoms with Gasteiger partial charge in [0.1, 0.15) is 0 Å². The maximum Gasteiger partial charge on any atom is 0.0211 e. The highest BCUT2D eigenvalue weighted by atomic mass is 14.9. The van der Waals surface area contributed by atoms with E-state index in [4.69, 9.17) is 0 Å². The van der Waals surface area contributed by atoms with Gasteiger partial charge >= 0.3 is 0 Å². The highest BCUT2D eigenvalue weighted by molar-refractivity contribution is 5.41. The molecule has 0 bridgehead atoms. The summed E-state index contributed by atoms with van der Waals surface area (Å²) < 4.78 is 0. The van der Waals surface area contributed by atoms with Crippen molar-refractivity contribution < 1.29 is 0 Å². The molecule has 2 rings (SSSR count). The number of hydrogen-bond acceptors (Lipinski definition) is 1. The van der Waals surface area contributed by atoms with Crippen molar-refractivity contribution in [3.63, 3.8) is 0 Å². The fourth-order valence-electron chi connectivity index (χ4n) is 1.40. The van der Waals surface area contributed by atoms with E-state index in [0.29, 0.717) is 0 Å². The number of rotatable bonds is 0. The molecule has 10 heavy (non-hydrogen) atoms. The molecule has 0 aromatic carbocycles. The molecule has 1 heterocycles. The van der Waals surface area contributed by atoms with Gasteiger partial charge in [-0.15, -0.1) is 0 Å². The molecular formula is C9H11N. The molecule has 0 aromatic heterocycles. The topological polar surface area (TPSA) is 12.0 Å². The van der Waals surface area contributed by atoms with E-state index in [1.165, 1.54) is 11.1 Å². The van der Waals surface area contributed by atoms with E-state index < -0.39 is 0 Å². The average Bonchev–Trinajstić information content (AvgIpc) is 2.28. The Morgan fingerprint density at radius 1 is 1.20 bits per heavy atom. The Balaban J connectivity index is 2.34. The lowest BCUT2D eigenvalue weighted by Gasteiger charge is -1.93. The quantitative estimate of drug-likeness (QED) is 0.526. The summed E-state index contributed by atoms with van der Waals surface area (Å²) in [6.07, 6.45) is 9.94. The van der Waals surface area contributed by atoms with Gasteiger partial charge in [0.15, 0.2) is 0 Å². The Bertz CT molecular complexity index is 221. The zero-order chi connectivity index (χ0) is 6.81. The van der Waals surface area contributed by atoms with Crippen LogP contribution in [0.25, 0.3) is 0 Å². The van der Waals surface area contributed by atoms with Crippen molar-refractivity contribution in [1.29, 1.82) is 0 Å². The van der Waals surface area contributed by atoms with Gasteiger partial charge in [0.05, 0.1) is 0 Å². The molecule has 1 nitrogen and oxygen atoms in total. The molecule has 0 amide bonds. The standard InChI is InChI=1S/C9H11N/c1-2-4-8-6-10-7-9(8)5-3-1/h1-2,4-5,10H,3,6-7H2. The van der Waals surface area contributed by atoms with E-state index in [1.54, 1.807) is 0 Å². The molecule has 1 fully saturated rings. The van der Waals surface area contributed by atoms with Crippen LogP contribution >= 0.6 is 0 Å². The van der Waals surface area contributed by atoms with Gasteiger partial charge in [0.25, 0.3) is 0 Å². The number of nitrogens with one attached hydrogen (secondary N) is 1. The molecule has 0 saturated carbocycles. The minimum atomic E-state index is 1.05. The van der Waals surface area contributed by atoms with E-state index in [9.17, 15) is 0 Å². The number of hydrogen-bond donors (Lipinski definition) is 1. The van der Waals surface area contributed by atoms with Crippen molar-refractivity contribution in [2.45, 2.75) is 6.42 Å². The molecule has 0 atom stereocenters. The Kier molecular flexibility index (Phi) is 1.44. The molecule has 52 valence electrons. The molecule has 1 N–H and O–H groups in total. The minimum Gasteiger partial charge on any atom is -0.309 e. The lowest BCUT2D eigenvalue weighted by atomic mass is 10.1. The summed E-state index contributed by atoms with van der Waals surface area (Å²) in [7, 11) is 0. The van der Waals surface area contributed by atoms with Crippen molar-refractivity contribution in [3.8, 4) is 0 Å². The Morgan fingerprint density at radius 3 is 3.10 bits per heavy atom. The fourth-order valence-corrected chi connectivity index (χ4v) is 1.40. The van der Waals surface area contributed by atoms with Gasteiger partial charge in [-0.1, -0.05) is 24.3 Å². The summed E-state index contributed by atoms with van der Waals surface area (Å²) in [5, 5.41) is 3.32. The summed E-state index contributed by atoms with van der Waals surface area (Å²) in [5.41, 5.74) is 2.96. The summed E-state index contributed by atoms with van der Waals surface area (Å²) >= 11 is 0. The highest BCUT2D eigenvalue weighted by Gasteiger charge is 2.11. The van der Waals surface area contributed by atoms with E-state index in [2.05, 4.69) is 29.6 Å². The lowest BCUT2D eigenvalue weighted by Crippen LogP contribution is -2.05. The first-order valence-electron chi connectivity index (χ1n) is 3.72. The molecule has 1 aliphatic heterocycles. The van der Waals surface area contributed by atoms with Gasteiger partial charge in [0.2, 0.25) is 0 Å². The van der Waals surface area contributed by atoms with Crippen LogP contribution in [-0.2, 0) is 0 Å². The molecule has 2 aliphatic rings. The van der Waals surface area contributed by atoms with Gasteiger partial charge in [-0.2, -0.15) is 0 Å². The summed E-state index contributed by atoms with van der Waals surface area (Å²) in [4.78, 5) is 0. The maximum absolute atomic E-state index is 3.32. The first-order chi connectivity index (χ1) is 4.97. The van der Waals surface area contributed by atoms with Crippen LogP contribution in [0.5, 0.6) is 0 Å². The average molecular weight is 133 g/mol. The minimum absolute atomic E-state index is 1.05. The second kappa shape index (κ2) is 2.43. The zero-order valence-electron chi connectivity index (χ0n) is 5.93. The van der Waals surface area contributed by atoms with Gasteiger partial charge in [-0.05, 0) is 17.6 Å². The predicted molar refractivity (Wildman–Crippen MR) is 42.8 cm³/mol. The van der Waals surface area contributed by atoms with Crippen LogP contribution < -0.4 is 5.32 Å². The molecule has 0 radical (unpaired) electrons. The van der Waals surface area contributed by atoms with Gasteiger partial charge < -0.3 is 5.32 Å². The normalized spacial score (nSPS) is 23.2. The summed E-state index contributed by atoms with van der Waals surface area (Å²) in [6.45, 7) is 2.11. The molecular weight excluding hydrogens is 122 g/mol. The summed E-state index contributed by atoms with van der Waals surface area (Å²) in [5.74, 6) is 0. The van der Waals surface area contributed by atoms with Crippen LogP contribution in [0, 0.1) is 0 Å². The number of allylic oxidation sites excluding steroid dienone is 4. The third kappa shape index (κ3) is 0.929. The van der Waals surface area contributed by atoms with Crippen molar-refractivity contribution in [3.05, 3.63) is 35.5 Å². The van der Waals surface area contributed by atoms with E-state index in [0.717, 1.165) is 19.5 Å². The molecule has 1 saturated heterocycles. The van der Waals surface area contributed by atoms with E-state index >= 15 is 0 Å². The Labute approximate surface area is 61.1 Å². The third-order valence-electron chi connectivity index (χ3n) is 1.98. The van der Waals surface area contributed by atoms with Crippen LogP contribution in [0.3, 0.4) is 0 Å².